The maximum Gasteiger partial charge on any atom is 0.317 e. The van der Waals surface area contributed by atoms with Crippen LogP contribution in [0.15, 0.2) is 35.9 Å². The van der Waals surface area contributed by atoms with Crippen LogP contribution >= 0.6 is 0 Å². The van der Waals surface area contributed by atoms with Crippen LogP contribution in [0.3, 0.4) is 0 Å². The van der Waals surface area contributed by atoms with Gasteiger partial charge >= 0.3 is 5.97 Å². The summed E-state index contributed by atoms with van der Waals surface area (Å²) >= 11 is 0. The van der Waals surface area contributed by atoms with Gasteiger partial charge in [0.1, 0.15) is 5.82 Å². The maximum absolute atomic E-state index is 11.6. The Morgan fingerprint density at radius 1 is 0.919 bits per heavy atom. The third kappa shape index (κ3) is 4.44. The van der Waals surface area contributed by atoms with Crippen molar-refractivity contribution in [3.05, 3.63) is 41.7 Å². The molecule has 2 aliphatic carbocycles. The molecule has 6 nitrogen and oxygen atoms in total. The number of aromatic nitrogens is 2. The molecular weight excluding hydrogens is 460 g/mol. The number of benzene rings is 1. The van der Waals surface area contributed by atoms with Crippen LogP contribution in [0.25, 0.3) is 11.0 Å². The van der Waals surface area contributed by atoms with Gasteiger partial charge in [0.05, 0.1) is 23.6 Å². The first kappa shape index (κ1) is 23.9. The number of hydrogen-bond donors (Lipinski definition) is 1. The van der Waals surface area contributed by atoms with E-state index in [-0.39, 0.29) is 12.6 Å². The Kier molecular flexibility index (Phi) is 6.36. The summed E-state index contributed by atoms with van der Waals surface area (Å²) in [7, 11) is 0. The number of rotatable bonds is 5. The largest absolute Gasteiger partial charge is 0.480 e. The summed E-state index contributed by atoms with van der Waals surface area (Å²) in [5.74, 6) is 1.19. The zero-order chi connectivity index (χ0) is 24.9. The van der Waals surface area contributed by atoms with Crippen molar-refractivity contribution < 1.29 is 9.90 Å². The van der Waals surface area contributed by atoms with Gasteiger partial charge in [0.25, 0.3) is 0 Å². The number of allylic oxidation sites excluding steroid dienone is 1. The van der Waals surface area contributed by atoms with Crippen LogP contribution < -0.4 is 0 Å². The van der Waals surface area contributed by atoms with Crippen LogP contribution in [0, 0.1) is 5.92 Å². The lowest BCUT2D eigenvalue weighted by Crippen LogP contribution is -2.57. The Bertz CT molecular complexity index is 1170. The first-order valence-corrected chi connectivity index (χ1v) is 15.0. The molecule has 3 fully saturated rings. The molecule has 7 rings (SSSR count). The molecule has 2 aromatic rings. The molecular formula is C31H42N4O2. The van der Waals surface area contributed by atoms with Crippen molar-refractivity contribution in [2.45, 2.75) is 114 Å². The second-order valence-corrected chi connectivity index (χ2v) is 12.6. The van der Waals surface area contributed by atoms with E-state index in [2.05, 4.69) is 44.7 Å². The summed E-state index contributed by atoms with van der Waals surface area (Å²) in [5.41, 5.74) is 4.06. The lowest BCUT2D eigenvalue weighted by molar-refractivity contribution is -0.138. The highest BCUT2D eigenvalue weighted by atomic mass is 16.4. The van der Waals surface area contributed by atoms with Gasteiger partial charge in [-0.1, -0.05) is 36.6 Å². The highest BCUT2D eigenvalue weighted by molar-refractivity contribution is 5.76. The number of para-hydroxylation sites is 2. The number of aliphatic carboxylic acids is 1. The quantitative estimate of drug-likeness (QED) is 0.501. The number of fused-ring (bicyclic) bond motifs is 4. The van der Waals surface area contributed by atoms with E-state index in [9.17, 15) is 9.90 Å². The predicted molar refractivity (Wildman–Crippen MR) is 146 cm³/mol. The number of carbonyl (C=O) groups is 1. The molecule has 3 aliphatic heterocycles. The molecule has 1 aromatic heterocycles. The average molecular weight is 503 g/mol. The summed E-state index contributed by atoms with van der Waals surface area (Å²) in [6.07, 6.45) is 19.3. The molecule has 1 N–H and O–H groups in total. The second kappa shape index (κ2) is 9.85. The highest BCUT2D eigenvalue weighted by Gasteiger charge is 2.45. The molecule has 198 valence electrons. The number of carboxylic acid groups (broad SMARTS) is 1. The van der Waals surface area contributed by atoms with Crippen molar-refractivity contribution >= 4 is 17.0 Å². The predicted octanol–water partition coefficient (Wildman–Crippen LogP) is 6.09. The molecule has 0 spiro atoms. The molecule has 0 amide bonds. The minimum Gasteiger partial charge on any atom is -0.480 e. The number of piperidine rings is 2. The van der Waals surface area contributed by atoms with Gasteiger partial charge in [-0.25, -0.2) is 4.98 Å². The van der Waals surface area contributed by atoms with Gasteiger partial charge in [-0.15, -0.1) is 0 Å². The Morgan fingerprint density at radius 3 is 2.59 bits per heavy atom. The van der Waals surface area contributed by atoms with E-state index in [0.717, 1.165) is 42.7 Å². The fourth-order valence-corrected chi connectivity index (χ4v) is 8.94. The van der Waals surface area contributed by atoms with Crippen molar-refractivity contribution in [3.8, 4) is 0 Å². The number of nitrogens with zero attached hydrogens (tertiary/aromatic N) is 4. The molecule has 6 atom stereocenters. The topological polar surface area (TPSA) is 61.6 Å². The Morgan fingerprint density at radius 2 is 1.76 bits per heavy atom. The monoisotopic (exact) mass is 502 g/mol. The third-order valence-electron chi connectivity index (χ3n) is 10.3. The lowest BCUT2D eigenvalue weighted by Gasteiger charge is -2.54. The fourth-order valence-electron chi connectivity index (χ4n) is 8.94. The van der Waals surface area contributed by atoms with Gasteiger partial charge in [-0.05, 0) is 95.2 Å². The number of hydrogen-bond acceptors (Lipinski definition) is 4. The van der Waals surface area contributed by atoms with Crippen molar-refractivity contribution in [1.29, 1.82) is 0 Å². The fraction of sp³-hybridized carbons (Fsp3) is 0.677. The summed E-state index contributed by atoms with van der Waals surface area (Å²) in [5, 5.41) is 9.56. The molecule has 4 bridgehead atoms. The molecule has 1 aromatic carbocycles. The number of likely N-dealkylation sites (tertiary alicyclic amines) is 1. The van der Waals surface area contributed by atoms with Gasteiger partial charge < -0.3 is 9.67 Å². The number of imidazole rings is 1. The zero-order valence-corrected chi connectivity index (χ0v) is 22.1. The van der Waals surface area contributed by atoms with Crippen LogP contribution in [-0.4, -0.2) is 61.6 Å². The Hall–Kier alpha value is -2.18. The lowest BCUT2D eigenvalue weighted by atomic mass is 9.76. The van der Waals surface area contributed by atoms with Crippen LogP contribution in [0.2, 0.25) is 0 Å². The van der Waals surface area contributed by atoms with E-state index in [1.165, 1.54) is 76.1 Å². The normalized spacial score (nSPS) is 34.9. The molecule has 3 saturated heterocycles. The molecule has 6 heteroatoms. The molecule has 37 heavy (non-hydrogen) atoms. The molecule has 4 heterocycles. The van der Waals surface area contributed by atoms with Gasteiger partial charge in [0, 0.05) is 24.2 Å². The SMILES string of the molecule is O=C(O)CN1CCC[C@@H]1c1nc2ccccc2n1C1CC2CCC[C@H](C1)N2[C@H]1CC2=C[C@@H](CCCC2)C1. The Labute approximate surface area is 220 Å². The smallest absolute Gasteiger partial charge is 0.317 e. The molecule has 2 unspecified atom stereocenters. The van der Waals surface area contributed by atoms with Gasteiger partial charge in [-0.2, -0.15) is 0 Å². The summed E-state index contributed by atoms with van der Waals surface area (Å²) in [6, 6.07) is 11.2. The molecule has 5 aliphatic rings. The van der Waals surface area contributed by atoms with E-state index in [0.29, 0.717) is 18.1 Å². The number of carboxylic acids is 1. The summed E-state index contributed by atoms with van der Waals surface area (Å²) in [6.45, 7) is 0.957. The van der Waals surface area contributed by atoms with Gasteiger partial charge in [-0.3, -0.25) is 14.6 Å². The highest BCUT2D eigenvalue weighted by Crippen LogP contribution is 2.47. The second-order valence-electron chi connectivity index (χ2n) is 12.6. The van der Waals surface area contributed by atoms with Gasteiger partial charge in [0.15, 0.2) is 0 Å². The minimum absolute atomic E-state index is 0.106. The van der Waals surface area contributed by atoms with Crippen LogP contribution in [0.5, 0.6) is 0 Å². The van der Waals surface area contributed by atoms with Gasteiger partial charge in [0.2, 0.25) is 0 Å². The van der Waals surface area contributed by atoms with Crippen molar-refractivity contribution in [1.82, 2.24) is 19.4 Å². The first-order valence-electron chi connectivity index (χ1n) is 15.0. The van der Waals surface area contributed by atoms with Crippen LogP contribution in [-0.2, 0) is 4.79 Å². The van der Waals surface area contributed by atoms with E-state index < -0.39 is 5.97 Å². The van der Waals surface area contributed by atoms with E-state index in [1.54, 1.807) is 5.57 Å². The zero-order valence-electron chi connectivity index (χ0n) is 22.1. The van der Waals surface area contributed by atoms with Crippen molar-refractivity contribution in [3.63, 3.8) is 0 Å². The van der Waals surface area contributed by atoms with E-state index in [4.69, 9.17) is 4.98 Å². The standard InChI is InChI=1S/C31H42N4O2/c36-30(37)20-33-14-6-13-29(33)31-32-27-11-3-4-12-28(27)35(31)26-18-23-9-5-10-24(19-26)34(23)25-16-21-7-1-2-8-22(15-21)17-25/h3-4,11-12,15,21,23-26,29H,1-2,5-10,13-14,16-20H2,(H,36,37)/t21-,23-,24?,25-,26?,29-/m1/s1. The maximum atomic E-state index is 11.6. The van der Waals surface area contributed by atoms with Crippen LogP contribution in [0.4, 0.5) is 0 Å². The summed E-state index contributed by atoms with van der Waals surface area (Å²) < 4.78 is 2.58. The van der Waals surface area contributed by atoms with Crippen molar-refractivity contribution in [2.24, 2.45) is 5.92 Å². The van der Waals surface area contributed by atoms with E-state index in [1.807, 2.05) is 0 Å². The van der Waals surface area contributed by atoms with Crippen molar-refractivity contribution in [2.75, 3.05) is 13.1 Å². The molecule has 0 saturated carbocycles. The van der Waals surface area contributed by atoms with E-state index >= 15 is 0 Å². The molecule has 0 radical (unpaired) electrons. The minimum atomic E-state index is -0.736. The Balaban J connectivity index is 1.20. The third-order valence-corrected chi connectivity index (χ3v) is 10.3. The van der Waals surface area contributed by atoms with Crippen LogP contribution in [0.1, 0.15) is 101 Å². The first-order chi connectivity index (χ1) is 18.1. The average Bonchev–Trinajstić information content (AvgIpc) is 3.45. The summed E-state index contributed by atoms with van der Waals surface area (Å²) in [4.78, 5) is 22.0.